The molecule has 3 rings (SSSR count). The van der Waals surface area contributed by atoms with Crippen LogP contribution in [0.5, 0.6) is 0 Å². The molecule has 0 bridgehead atoms. The first-order valence-electron chi connectivity index (χ1n) is 8.53. The van der Waals surface area contributed by atoms with Gasteiger partial charge in [-0.05, 0) is 54.8 Å². The van der Waals surface area contributed by atoms with Crippen molar-refractivity contribution in [1.82, 2.24) is 15.3 Å². The number of amides is 2. The highest BCUT2D eigenvalue weighted by atomic mass is 16.2. The fourth-order valence-electron chi connectivity index (χ4n) is 2.73. The molecule has 0 saturated heterocycles. The van der Waals surface area contributed by atoms with Crippen molar-refractivity contribution >= 4 is 17.5 Å². The van der Waals surface area contributed by atoms with Crippen molar-refractivity contribution in [2.45, 2.75) is 20.4 Å². The number of carbonyl (C=O) groups excluding carboxylic acids is 2. The average Bonchev–Trinajstić information content (AvgIpc) is 2.66. The second-order valence-corrected chi connectivity index (χ2v) is 6.34. The molecule has 3 aromatic rings. The summed E-state index contributed by atoms with van der Waals surface area (Å²) >= 11 is 0. The first kappa shape index (κ1) is 18.3. The summed E-state index contributed by atoms with van der Waals surface area (Å²) in [6.07, 6.45) is 6.24. The van der Waals surface area contributed by atoms with Gasteiger partial charge in [0.2, 0.25) is 0 Å². The summed E-state index contributed by atoms with van der Waals surface area (Å²) in [5.74, 6) is -0.609. The van der Waals surface area contributed by atoms with Crippen molar-refractivity contribution in [2.24, 2.45) is 0 Å². The molecule has 27 heavy (non-hydrogen) atoms. The lowest BCUT2D eigenvalue weighted by Gasteiger charge is -2.09. The molecule has 0 atom stereocenters. The van der Waals surface area contributed by atoms with Gasteiger partial charge in [0.15, 0.2) is 0 Å². The number of carbonyl (C=O) groups is 2. The highest BCUT2D eigenvalue weighted by Crippen LogP contribution is 2.15. The molecule has 2 aromatic heterocycles. The van der Waals surface area contributed by atoms with E-state index < -0.39 is 0 Å². The molecule has 6 heteroatoms. The Hall–Kier alpha value is -3.54. The lowest BCUT2D eigenvalue weighted by molar-refractivity contribution is 0.0950. The minimum absolute atomic E-state index is 0.299. The van der Waals surface area contributed by atoms with E-state index in [1.54, 1.807) is 18.5 Å². The molecule has 6 nitrogen and oxygen atoms in total. The third-order valence-corrected chi connectivity index (χ3v) is 3.92. The van der Waals surface area contributed by atoms with Crippen LogP contribution < -0.4 is 10.6 Å². The van der Waals surface area contributed by atoms with E-state index in [0.29, 0.717) is 23.4 Å². The van der Waals surface area contributed by atoms with Crippen molar-refractivity contribution < 1.29 is 9.59 Å². The number of aromatic nitrogens is 2. The number of anilines is 1. The number of hydrogen-bond acceptors (Lipinski definition) is 4. The molecule has 0 aliphatic rings. The molecular weight excluding hydrogens is 340 g/mol. The maximum atomic E-state index is 12.5. The lowest BCUT2D eigenvalue weighted by atomic mass is 10.1. The molecule has 0 aliphatic heterocycles. The summed E-state index contributed by atoms with van der Waals surface area (Å²) in [4.78, 5) is 32.9. The lowest BCUT2D eigenvalue weighted by Crippen LogP contribution is -2.23. The molecule has 0 unspecified atom stereocenters. The highest BCUT2D eigenvalue weighted by Gasteiger charge is 2.12. The largest absolute Gasteiger partial charge is 0.348 e. The van der Waals surface area contributed by atoms with Crippen LogP contribution in [0.15, 0.2) is 61.2 Å². The Morgan fingerprint density at radius 2 is 1.59 bits per heavy atom. The minimum Gasteiger partial charge on any atom is -0.348 e. The molecule has 2 amide bonds. The molecule has 1 aromatic carbocycles. The molecule has 136 valence electrons. The van der Waals surface area contributed by atoms with Gasteiger partial charge in [-0.25, -0.2) is 0 Å². The molecule has 0 spiro atoms. The van der Waals surface area contributed by atoms with Crippen LogP contribution in [0.25, 0.3) is 0 Å². The molecule has 0 fully saturated rings. The van der Waals surface area contributed by atoms with Crippen LogP contribution in [0, 0.1) is 13.8 Å². The number of nitrogens with one attached hydrogen (secondary N) is 2. The fourth-order valence-corrected chi connectivity index (χ4v) is 2.73. The van der Waals surface area contributed by atoms with Crippen LogP contribution in [-0.4, -0.2) is 21.8 Å². The topological polar surface area (TPSA) is 84.0 Å². The molecule has 0 radical (unpaired) electrons. The Morgan fingerprint density at radius 1 is 0.889 bits per heavy atom. The van der Waals surface area contributed by atoms with Gasteiger partial charge >= 0.3 is 0 Å². The monoisotopic (exact) mass is 360 g/mol. The van der Waals surface area contributed by atoms with Gasteiger partial charge < -0.3 is 10.6 Å². The summed E-state index contributed by atoms with van der Waals surface area (Å²) in [6, 6.07) is 11.0. The van der Waals surface area contributed by atoms with E-state index >= 15 is 0 Å². The third-order valence-electron chi connectivity index (χ3n) is 3.92. The quantitative estimate of drug-likeness (QED) is 0.731. The van der Waals surface area contributed by atoms with E-state index in [1.165, 1.54) is 18.5 Å². The molecule has 2 heterocycles. The van der Waals surface area contributed by atoms with E-state index in [0.717, 1.165) is 16.7 Å². The van der Waals surface area contributed by atoms with Gasteiger partial charge in [0.1, 0.15) is 0 Å². The summed E-state index contributed by atoms with van der Waals surface area (Å²) < 4.78 is 0. The first-order valence-corrected chi connectivity index (χ1v) is 8.53. The van der Waals surface area contributed by atoms with Gasteiger partial charge in [-0.3, -0.25) is 19.6 Å². The minimum atomic E-state index is -0.311. The van der Waals surface area contributed by atoms with Crippen molar-refractivity contribution in [1.29, 1.82) is 0 Å². The van der Waals surface area contributed by atoms with Crippen LogP contribution in [0.3, 0.4) is 0 Å². The standard InChI is InChI=1S/C21H20N4O2/c1-14-6-15(2)8-19(7-14)25-21(27)18-9-17(12-23-13-18)20(26)24-11-16-4-3-5-22-10-16/h3-10,12-13H,11H2,1-2H3,(H,24,26)(H,25,27). The molecule has 2 N–H and O–H groups in total. The Morgan fingerprint density at radius 3 is 2.26 bits per heavy atom. The zero-order chi connectivity index (χ0) is 19.2. The van der Waals surface area contributed by atoms with Gasteiger partial charge in [-0.15, -0.1) is 0 Å². The Bertz CT molecular complexity index is 951. The number of pyridine rings is 2. The summed E-state index contributed by atoms with van der Waals surface area (Å²) in [7, 11) is 0. The SMILES string of the molecule is Cc1cc(C)cc(NC(=O)c2cncc(C(=O)NCc3cccnc3)c2)c1. The summed E-state index contributed by atoms with van der Waals surface area (Å²) in [5, 5.41) is 5.64. The zero-order valence-electron chi connectivity index (χ0n) is 15.2. The van der Waals surface area contributed by atoms with E-state index in [4.69, 9.17) is 0 Å². The van der Waals surface area contributed by atoms with Crippen LogP contribution in [-0.2, 0) is 6.54 Å². The van der Waals surface area contributed by atoms with Crippen LogP contribution in [0.4, 0.5) is 5.69 Å². The smallest absolute Gasteiger partial charge is 0.257 e. The van der Waals surface area contributed by atoms with Gasteiger partial charge in [0.25, 0.3) is 11.8 Å². The van der Waals surface area contributed by atoms with Crippen molar-refractivity contribution in [2.75, 3.05) is 5.32 Å². The Labute approximate surface area is 157 Å². The average molecular weight is 360 g/mol. The predicted octanol–water partition coefficient (Wildman–Crippen LogP) is 3.28. The fraction of sp³-hybridized carbons (Fsp3) is 0.143. The zero-order valence-corrected chi connectivity index (χ0v) is 15.2. The third kappa shape index (κ3) is 4.98. The number of benzene rings is 1. The molecular formula is C21H20N4O2. The predicted molar refractivity (Wildman–Crippen MR) is 104 cm³/mol. The summed E-state index contributed by atoms with van der Waals surface area (Å²) in [6.45, 7) is 4.29. The number of aryl methyl sites for hydroxylation is 2. The van der Waals surface area contributed by atoms with Gasteiger partial charge in [-0.1, -0.05) is 12.1 Å². The maximum absolute atomic E-state index is 12.5. The second-order valence-electron chi connectivity index (χ2n) is 6.34. The van der Waals surface area contributed by atoms with E-state index in [2.05, 4.69) is 20.6 Å². The second kappa shape index (κ2) is 8.23. The van der Waals surface area contributed by atoms with Gasteiger partial charge in [0.05, 0.1) is 11.1 Å². The van der Waals surface area contributed by atoms with Crippen LogP contribution in [0.2, 0.25) is 0 Å². The molecule has 0 aliphatic carbocycles. The van der Waals surface area contributed by atoms with Crippen molar-refractivity contribution in [3.8, 4) is 0 Å². The number of hydrogen-bond donors (Lipinski definition) is 2. The van der Waals surface area contributed by atoms with Crippen LogP contribution in [0.1, 0.15) is 37.4 Å². The maximum Gasteiger partial charge on any atom is 0.257 e. The number of rotatable bonds is 5. The first-order chi connectivity index (χ1) is 13.0. The van der Waals surface area contributed by atoms with Crippen LogP contribution >= 0.6 is 0 Å². The number of nitrogens with zero attached hydrogens (tertiary/aromatic N) is 2. The Kier molecular flexibility index (Phi) is 5.56. The van der Waals surface area contributed by atoms with Crippen molar-refractivity contribution in [3.63, 3.8) is 0 Å². The van der Waals surface area contributed by atoms with E-state index in [1.807, 2.05) is 38.1 Å². The van der Waals surface area contributed by atoms with Crippen molar-refractivity contribution in [3.05, 3.63) is 89.0 Å². The highest BCUT2D eigenvalue weighted by molar-refractivity contribution is 6.05. The molecule has 0 saturated carbocycles. The van der Waals surface area contributed by atoms with E-state index in [-0.39, 0.29) is 11.8 Å². The van der Waals surface area contributed by atoms with Gasteiger partial charge in [-0.2, -0.15) is 0 Å². The Balaban J connectivity index is 1.68. The summed E-state index contributed by atoms with van der Waals surface area (Å²) in [5.41, 5.74) is 4.38. The van der Waals surface area contributed by atoms with Gasteiger partial charge in [0, 0.05) is 37.0 Å². The van der Waals surface area contributed by atoms with E-state index in [9.17, 15) is 9.59 Å². The normalized spacial score (nSPS) is 10.3.